The maximum Gasteiger partial charge on any atom is 0.100 e. The van der Waals surface area contributed by atoms with Gasteiger partial charge in [-0.1, -0.05) is 24.3 Å². The molecule has 0 heterocycles. The summed E-state index contributed by atoms with van der Waals surface area (Å²) >= 11 is 0. The molecule has 1 saturated carbocycles. The first-order chi connectivity index (χ1) is 7.29. The van der Waals surface area contributed by atoms with E-state index in [1.807, 2.05) is 6.07 Å². The fraction of sp³-hybridized carbons (Fsp3) is 0.538. The lowest BCUT2D eigenvalue weighted by atomic mass is 9.83. The van der Waals surface area contributed by atoms with Crippen molar-refractivity contribution in [3.8, 4) is 0 Å². The third-order valence-corrected chi connectivity index (χ3v) is 3.31. The SMILES string of the molecule is NCc1cccc(C2CCC(F)CC2)c1. The number of hydrogen-bond donors (Lipinski definition) is 1. The van der Waals surface area contributed by atoms with Gasteiger partial charge in [-0.05, 0) is 42.7 Å². The average molecular weight is 207 g/mol. The molecule has 1 aliphatic rings. The first kappa shape index (κ1) is 10.6. The molecule has 1 aromatic carbocycles. The molecule has 2 heteroatoms. The van der Waals surface area contributed by atoms with Gasteiger partial charge in [-0.15, -0.1) is 0 Å². The minimum absolute atomic E-state index is 0.545. The zero-order valence-electron chi connectivity index (χ0n) is 8.95. The van der Waals surface area contributed by atoms with E-state index in [0.29, 0.717) is 12.5 Å². The summed E-state index contributed by atoms with van der Waals surface area (Å²) in [5.74, 6) is 0.545. The topological polar surface area (TPSA) is 26.0 Å². The van der Waals surface area contributed by atoms with Gasteiger partial charge in [-0.3, -0.25) is 0 Å². The summed E-state index contributed by atoms with van der Waals surface area (Å²) in [4.78, 5) is 0. The highest BCUT2D eigenvalue weighted by atomic mass is 19.1. The van der Waals surface area contributed by atoms with E-state index in [9.17, 15) is 4.39 Å². The Bertz CT molecular complexity index is 316. The number of hydrogen-bond acceptors (Lipinski definition) is 1. The molecule has 0 saturated heterocycles. The molecule has 0 amide bonds. The lowest BCUT2D eigenvalue weighted by molar-refractivity contribution is 0.235. The van der Waals surface area contributed by atoms with E-state index in [2.05, 4.69) is 18.2 Å². The van der Waals surface area contributed by atoms with E-state index in [1.165, 1.54) is 11.1 Å². The molecule has 0 atom stereocenters. The molecule has 1 aromatic rings. The van der Waals surface area contributed by atoms with Gasteiger partial charge in [0, 0.05) is 6.54 Å². The van der Waals surface area contributed by atoms with Gasteiger partial charge in [0.15, 0.2) is 0 Å². The normalized spacial score (nSPS) is 26.5. The van der Waals surface area contributed by atoms with Crippen LogP contribution in [-0.4, -0.2) is 6.17 Å². The maximum atomic E-state index is 13.0. The van der Waals surface area contributed by atoms with Gasteiger partial charge < -0.3 is 5.73 Å². The Kier molecular flexibility index (Phi) is 3.37. The third-order valence-electron chi connectivity index (χ3n) is 3.31. The van der Waals surface area contributed by atoms with Crippen LogP contribution in [0.5, 0.6) is 0 Å². The van der Waals surface area contributed by atoms with E-state index >= 15 is 0 Å². The first-order valence-corrected chi connectivity index (χ1v) is 5.72. The molecule has 0 radical (unpaired) electrons. The second kappa shape index (κ2) is 4.75. The highest BCUT2D eigenvalue weighted by Crippen LogP contribution is 2.34. The summed E-state index contributed by atoms with van der Waals surface area (Å²) in [5, 5.41) is 0. The molecule has 0 unspecified atom stereocenters. The monoisotopic (exact) mass is 207 g/mol. The molecule has 0 bridgehead atoms. The summed E-state index contributed by atoms with van der Waals surface area (Å²) in [7, 11) is 0. The predicted octanol–water partition coefficient (Wildman–Crippen LogP) is 3.14. The minimum atomic E-state index is -0.570. The number of benzene rings is 1. The van der Waals surface area contributed by atoms with Crippen molar-refractivity contribution in [1.82, 2.24) is 0 Å². The first-order valence-electron chi connectivity index (χ1n) is 5.72. The largest absolute Gasteiger partial charge is 0.326 e. The van der Waals surface area contributed by atoms with E-state index in [1.54, 1.807) is 0 Å². The standard InChI is InChI=1S/C13H18FN/c14-13-6-4-11(5-7-13)12-3-1-2-10(8-12)9-15/h1-3,8,11,13H,4-7,9,15H2. The van der Waals surface area contributed by atoms with Crippen molar-refractivity contribution >= 4 is 0 Å². The Labute approximate surface area is 90.5 Å². The molecule has 2 rings (SSSR count). The van der Waals surface area contributed by atoms with Crippen molar-refractivity contribution in [2.24, 2.45) is 5.73 Å². The Balaban J connectivity index is 2.08. The van der Waals surface area contributed by atoms with Crippen molar-refractivity contribution in [2.45, 2.75) is 44.3 Å². The molecule has 82 valence electrons. The Morgan fingerprint density at radius 2 is 1.93 bits per heavy atom. The smallest absolute Gasteiger partial charge is 0.100 e. The Hall–Kier alpha value is -0.890. The molecule has 0 spiro atoms. The van der Waals surface area contributed by atoms with Crippen molar-refractivity contribution in [1.29, 1.82) is 0 Å². The highest BCUT2D eigenvalue weighted by molar-refractivity contribution is 5.26. The van der Waals surface area contributed by atoms with Crippen LogP contribution in [-0.2, 0) is 6.54 Å². The van der Waals surface area contributed by atoms with Gasteiger partial charge in [0.2, 0.25) is 0 Å². The van der Waals surface area contributed by atoms with Crippen LogP contribution in [0.1, 0.15) is 42.7 Å². The fourth-order valence-corrected chi connectivity index (χ4v) is 2.36. The van der Waals surface area contributed by atoms with Crippen LogP contribution in [0.4, 0.5) is 4.39 Å². The molecule has 1 fully saturated rings. The predicted molar refractivity (Wildman–Crippen MR) is 60.4 cm³/mol. The molecule has 1 aliphatic carbocycles. The maximum absolute atomic E-state index is 13.0. The average Bonchev–Trinajstić information content (AvgIpc) is 2.30. The zero-order chi connectivity index (χ0) is 10.7. The quantitative estimate of drug-likeness (QED) is 0.792. The van der Waals surface area contributed by atoms with Crippen LogP contribution in [0, 0.1) is 0 Å². The van der Waals surface area contributed by atoms with Crippen LogP contribution < -0.4 is 5.73 Å². The van der Waals surface area contributed by atoms with Crippen LogP contribution in [0.2, 0.25) is 0 Å². The third kappa shape index (κ3) is 2.57. The zero-order valence-corrected chi connectivity index (χ0v) is 8.95. The van der Waals surface area contributed by atoms with Gasteiger partial charge in [-0.25, -0.2) is 4.39 Å². The van der Waals surface area contributed by atoms with Crippen LogP contribution in [0.3, 0.4) is 0 Å². The van der Waals surface area contributed by atoms with Crippen molar-refractivity contribution < 1.29 is 4.39 Å². The summed E-state index contributed by atoms with van der Waals surface area (Å²) < 4.78 is 13.0. The molecule has 15 heavy (non-hydrogen) atoms. The second-order valence-electron chi connectivity index (χ2n) is 4.40. The number of halogens is 1. The summed E-state index contributed by atoms with van der Waals surface area (Å²) in [6.07, 6.45) is 2.83. The molecule has 1 nitrogen and oxygen atoms in total. The van der Waals surface area contributed by atoms with Gasteiger partial charge in [0.25, 0.3) is 0 Å². The number of nitrogens with two attached hydrogens (primary N) is 1. The molecule has 0 aromatic heterocycles. The lowest BCUT2D eigenvalue weighted by Gasteiger charge is -2.24. The van der Waals surface area contributed by atoms with E-state index in [4.69, 9.17) is 5.73 Å². The second-order valence-corrected chi connectivity index (χ2v) is 4.40. The lowest BCUT2D eigenvalue weighted by Crippen LogP contribution is -2.13. The van der Waals surface area contributed by atoms with Crippen LogP contribution in [0.25, 0.3) is 0 Å². The molecule has 0 aliphatic heterocycles. The van der Waals surface area contributed by atoms with Crippen molar-refractivity contribution in [3.05, 3.63) is 35.4 Å². The molecular weight excluding hydrogens is 189 g/mol. The Morgan fingerprint density at radius 3 is 2.60 bits per heavy atom. The van der Waals surface area contributed by atoms with E-state index < -0.39 is 6.17 Å². The highest BCUT2D eigenvalue weighted by Gasteiger charge is 2.21. The van der Waals surface area contributed by atoms with Crippen LogP contribution >= 0.6 is 0 Å². The van der Waals surface area contributed by atoms with Gasteiger partial charge in [-0.2, -0.15) is 0 Å². The van der Waals surface area contributed by atoms with Crippen LogP contribution in [0.15, 0.2) is 24.3 Å². The summed E-state index contributed by atoms with van der Waals surface area (Å²) in [5.41, 5.74) is 8.12. The van der Waals surface area contributed by atoms with E-state index in [0.717, 1.165) is 25.7 Å². The summed E-state index contributed by atoms with van der Waals surface area (Å²) in [6, 6.07) is 8.41. The number of alkyl halides is 1. The van der Waals surface area contributed by atoms with Gasteiger partial charge >= 0.3 is 0 Å². The molecule has 2 N–H and O–H groups in total. The Morgan fingerprint density at radius 1 is 1.20 bits per heavy atom. The van der Waals surface area contributed by atoms with Crippen molar-refractivity contribution in [3.63, 3.8) is 0 Å². The summed E-state index contributed by atoms with van der Waals surface area (Å²) in [6.45, 7) is 0.590. The van der Waals surface area contributed by atoms with Gasteiger partial charge in [0.05, 0.1) is 0 Å². The fourth-order valence-electron chi connectivity index (χ4n) is 2.36. The number of rotatable bonds is 2. The van der Waals surface area contributed by atoms with E-state index in [-0.39, 0.29) is 0 Å². The minimum Gasteiger partial charge on any atom is -0.326 e. The van der Waals surface area contributed by atoms with Gasteiger partial charge in [0.1, 0.15) is 6.17 Å². The van der Waals surface area contributed by atoms with Crippen molar-refractivity contribution in [2.75, 3.05) is 0 Å². The molecular formula is C13H18FN.